The molecule has 4 nitrogen and oxygen atoms in total. The molecule has 0 radical (unpaired) electrons. The summed E-state index contributed by atoms with van der Waals surface area (Å²) in [7, 11) is 0. The predicted octanol–water partition coefficient (Wildman–Crippen LogP) is 3.58. The Bertz CT molecular complexity index is 681. The minimum Gasteiger partial charge on any atom is -0.397 e. The predicted molar refractivity (Wildman–Crippen MR) is 85.7 cm³/mol. The van der Waals surface area contributed by atoms with E-state index in [1.807, 2.05) is 24.3 Å². The van der Waals surface area contributed by atoms with Gasteiger partial charge in [-0.25, -0.2) is 0 Å². The van der Waals surface area contributed by atoms with Gasteiger partial charge in [-0.2, -0.15) is 0 Å². The van der Waals surface area contributed by atoms with E-state index in [0.29, 0.717) is 16.9 Å². The van der Waals surface area contributed by atoms with E-state index in [-0.39, 0.29) is 11.7 Å². The number of nitrogens with one attached hydrogen (secondary N) is 1. The maximum atomic E-state index is 11.2. The second-order valence-electron chi connectivity index (χ2n) is 4.61. The summed E-state index contributed by atoms with van der Waals surface area (Å²) < 4.78 is 0. The van der Waals surface area contributed by atoms with Crippen LogP contribution in [0, 0.1) is 0 Å². The lowest BCUT2D eigenvalue weighted by atomic mass is 10.2. The van der Waals surface area contributed by atoms with Gasteiger partial charge in [-0.3, -0.25) is 9.59 Å². The molecule has 108 valence electrons. The monoisotopic (exact) mass is 300 g/mol. The fourth-order valence-corrected chi connectivity index (χ4v) is 2.65. The molecule has 0 unspecified atom stereocenters. The number of hydrogen-bond acceptors (Lipinski definition) is 4. The van der Waals surface area contributed by atoms with Crippen LogP contribution in [0.1, 0.15) is 24.2 Å². The molecule has 0 saturated carbocycles. The van der Waals surface area contributed by atoms with Crippen LogP contribution >= 0.6 is 11.8 Å². The van der Waals surface area contributed by atoms with Gasteiger partial charge in [0, 0.05) is 22.3 Å². The van der Waals surface area contributed by atoms with E-state index in [1.165, 1.54) is 18.7 Å². The van der Waals surface area contributed by atoms with E-state index < -0.39 is 0 Å². The minimum absolute atomic E-state index is 0.0481. The number of nitrogen functional groups attached to an aromatic ring is 1. The van der Waals surface area contributed by atoms with Crippen LogP contribution in [0.4, 0.5) is 11.4 Å². The minimum atomic E-state index is -0.158. The average Bonchev–Trinajstić information content (AvgIpc) is 2.42. The van der Waals surface area contributed by atoms with Gasteiger partial charge in [-0.1, -0.05) is 23.9 Å². The molecule has 21 heavy (non-hydrogen) atoms. The molecule has 2 rings (SSSR count). The van der Waals surface area contributed by atoms with Crippen molar-refractivity contribution in [3.8, 4) is 0 Å². The van der Waals surface area contributed by atoms with Gasteiger partial charge in [0.15, 0.2) is 5.78 Å². The van der Waals surface area contributed by atoms with Crippen molar-refractivity contribution in [3.05, 3.63) is 48.0 Å². The Morgan fingerprint density at radius 3 is 2.19 bits per heavy atom. The number of ketones is 1. The molecule has 0 atom stereocenters. The summed E-state index contributed by atoms with van der Waals surface area (Å²) in [6.07, 6.45) is 0. The second-order valence-corrected chi connectivity index (χ2v) is 5.76. The third-order valence-electron chi connectivity index (χ3n) is 2.83. The third kappa shape index (κ3) is 4.10. The van der Waals surface area contributed by atoms with Crippen LogP contribution in [0.5, 0.6) is 0 Å². The summed E-state index contributed by atoms with van der Waals surface area (Å²) >= 11 is 1.54. The molecule has 0 saturated heterocycles. The topological polar surface area (TPSA) is 72.2 Å². The van der Waals surface area contributed by atoms with Gasteiger partial charge in [0.2, 0.25) is 5.91 Å². The molecule has 0 bridgehead atoms. The van der Waals surface area contributed by atoms with Crippen LogP contribution in [-0.2, 0) is 4.79 Å². The number of hydrogen-bond donors (Lipinski definition) is 2. The van der Waals surface area contributed by atoms with Gasteiger partial charge in [-0.15, -0.1) is 0 Å². The van der Waals surface area contributed by atoms with Crippen molar-refractivity contribution in [1.82, 2.24) is 0 Å². The first-order valence-electron chi connectivity index (χ1n) is 6.41. The molecule has 3 N–H and O–H groups in total. The molecule has 0 aliphatic carbocycles. The number of carbonyl (C=O) groups excluding carboxylic acids is 2. The largest absolute Gasteiger partial charge is 0.397 e. The molecule has 0 fully saturated rings. The Kier molecular flexibility index (Phi) is 4.65. The molecule has 0 aliphatic heterocycles. The summed E-state index contributed by atoms with van der Waals surface area (Å²) in [4.78, 5) is 24.3. The zero-order chi connectivity index (χ0) is 15.4. The molecule has 5 heteroatoms. The first-order chi connectivity index (χ1) is 9.95. The van der Waals surface area contributed by atoms with Gasteiger partial charge in [0.1, 0.15) is 0 Å². The molecule has 2 aromatic carbocycles. The van der Waals surface area contributed by atoms with E-state index in [0.717, 1.165) is 9.79 Å². The van der Waals surface area contributed by atoms with Crippen molar-refractivity contribution >= 4 is 34.8 Å². The van der Waals surface area contributed by atoms with E-state index in [2.05, 4.69) is 5.32 Å². The van der Waals surface area contributed by atoms with Gasteiger partial charge < -0.3 is 11.1 Å². The van der Waals surface area contributed by atoms with E-state index in [9.17, 15) is 9.59 Å². The van der Waals surface area contributed by atoms with Crippen molar-refractivity contribution in [3.63, 3.8) is 0 Å². The Balaban J connectivity index is 2.19. The normalized spacial score (nSPS) is 10.2. The zero-order valence-corrected chi connectivity index (χ0v) is 12.7. The fraction of sp³-hybridized carbons (Fsp3) is 0.125. The molecule has 1 amide bonds. The number of amides is 1. The van der Waals surface area contributed by atoms with Crippen LogP contribution in [0.15, 0.2) is 52.3 Å². The van der Waals surface area contributed by atoms with Crippen LogP contribution < -0.4 is 11.1 Å². The van der Waals surface area contributed by atoms with Crippen molar-refractivity contribution in [1.29, 1.82) is 0 Å². The van der Waals surface area contributed by atoms with Crippen LogP contribution in [0.3, 0.4) is 0 Å². The van der Waals surface area contributed by atoms with Crippen molar-refractivity contribution in [2.24, 2.45) is 0 Å². The molecule has 0 aliphatic rings. The lowest BCUT2D eigenvalue weighted by Gasteiger charge is -2.09. The summed E-state index contributed by atoms with van der Waals surface area (Å²) in [6, 6.07) is 12.9. The molecule has 0 spiro atoms. The maximum Gasteiger partial charge on any atom is 0.221 e. The van der Waals surface area contributed by atoms with E-state index in [4.69, 9.17) is 5.73 Å². The third-order valence-corrected chi connectivity index (χ3v) is 3.83. The molecule has 0 heterocycles. The van der Waals surface area contributed by atoms with Crippen LogP contribution in [-0.4, -0.2) is 11.7 Å². The quantitative estimate of drug-likeness (QED) is 0.668. The molecule has 2 aromatic rings. The lowest BCUT2D eigenvalue weighted by molar-refractivity contribution is -0.114. The maximum absolute atomic E-state index is 11.2. The number of nitrogens with two attached hydrogens (primary N) is 1. The highest BCUT2D eigenvalue weighted by atomic mass is 32.2. The Morgan fingerprint density at radius 1 is 1.00 bits per heavy atom. The number of rotatable bonds is 4. The van der Waals surface area contributed by atoms with Crippen LogP contribution in [0.25, 0.3) is 0 Å². The number of Topliss-reactive ketones (excluding diaryl/α,β-unsaturated/α-hetero) is 1. The number of benzene rings is 2. The number of carbonyl (C=O) groups is 2. The van der Waals surface area contributed by atoms with E-state index >= 15 is 0 Å². The van der Waals surface area contributed by atoms with E-state index in [1.54, 1.807) is 25.1 Å². The van der Waals surface area contributed by atoms with Crippen molar-refractivity contribution in [2.45, 2.75) is 23.6 Å². The SMILES string of the molecule is CC(=O)Nc1cc(Sc2ccc(C(C)=O)cc2)ccc1N. The van der Waals surface area contributed by atoms with Gasteiger partial charge >= 0.3 is 0 Å². The van der Waals surface area contributed by atoms with Gasteiger partial charge in [0.05, 0.1) is 11.4 Å². The summed E-state index contributed by atoms with van der Waals surface area (Å²) in [5.41, 5.74) is 7.65. The van der Waals surface area contributed by atoms with Crippen molar-refractivity contribution in [2.75, 3.05) is 11.1 Å². The highest BCUT2D eigenvalue weighted by molar-refractivity contribution is 7.99. The summed E-state index contributed by atoms with van der Waals surface area (Å²) in [5.74, 6) is -0.110. The van der Waals surface area contributed by atoms with Gasteiger partial charge in [0.25, 0.3) is 0 Å². The second kappa shape index (κ2) is 6.45. The number of anilines is 2. The Morgan fingerprint density at radius 2 is 1.62 bits per heavy atom. The standard InChI is InChI=1S/C16H16N2O2S/c1-10(19)12-3-5-13(6-4-12)21-14-7-8-15(17)16(9-14)18-11(2)20/h3-9H,17H2,1-2H3,(H,18,20). The first-order valence-corrected chi connectivity index (χ1v) is 7.23. The highest BCUT2D eigenvalue weighted by Gasteiger charge is 2.05. The molecule has 0 aromatic heterocycles. The average molecular weight is 300 g/mol. The fourth-order valence-electron chi connectivity index (χ4n) is 1.79. The smallest absolute Gasteiger partial charge is 0.221 e. The highest BCUT2D eigenvalue weighted by Crippen LogP contribution is 2.32. The molecular weight excluding hydrogens is 284 g/mol. The zero-order valence-electron chi connectivity index (χ0n) is 11.8. The van der Waals surface area contributed by atoms with Crippen molar-refractivity contribution < 1.29 is 9.59 Å². The summed E-state index contributed by atoms with van der Waals surface area (Å²) in [5, 5.41) is 2.70. The Hall–Kier alpha value is -2.27. The first kappa shape index (κ1) is 15.1. The molecular formula is C16H16N2O2S. The Labute approximate surface area is 127 Å². The lowest BCUT2D eigenvalue weighted by Crippen LogP contribution is -2.07. The van der Waals surface area contributed by atoms with Gasteiger partial charge in [-0.05, 0) is 37.3 Å². The summed E-state index contributed by atoms with van der Waals surface area (Å²) in [6.45, 7) is 2.99. The van der Waals surface area contributed by atoms with Crippen LogP contribution in [0.2, 0.25) is 0 Å².